The Morgan fingerprint density at radius 1 is 0.346 bits per heavy atom. The van der Waals surface area contributed by atoms with Crippen LogP contribution < -0.4 is 0 Å². The number of hydrogen-bond acceptors (Lipinski definition) is 1. The fraction of sp³-hybridized carbons (Fsp3) is 0. The predicted molar refractivity (Wildman–Crippen MR) is 218 cm³/mol. The zero-order valence-electron chi connectivity index (χ0n) is 28.1. The topological polar surface area (TPSA) is 22.8 Å². The molecular weight excluding hydrogens is 631 g/mol. The van der Waals surface area contributed by atoms with Gasteiger partial charge < -0.3 is 4.57 Å². The van der Waals surface area contributed by atoms with Crippen LogP contribution in [-0.4, -0.2) is 14.1 Å². The second-order valence-electron chi connectivity index (χ2n) is 13.9. The lowest BCUT2D eigenvalue weighted by atomic mass is 9.89. The van der Waals surface area contributed by atoms with E-state index in [0.29, 0.717) is 0 Å². The number of aromatic nitrogens is 3. The van der Waals surface area contributed by atoms with Crippen molar-refractivity contribution in [2.75, 3.05) is 0 Å². The molecule has 1 aliphatic heterocycles. The maximum absolute atomic E-state index is 5.39. The summed E-state index contributed by atoms with van der Waals surface area (Å²) in [7, 11) is 0. The van der Waals surface area contributed by atoms with Gasteiger partial charge in [0.25, 0.3) is 0 Å². The molecule has 0 N–H and O–H groups in total. The zero-order valence-corrected chi connectivity index (χ0v) is 28.1. The van der Waals surface area contributed by atoms with Crippen molar-refractivity contribution in [2.45, 2.75) is 0 Å². The Kier molecular flexibility index (Phi) is 5.50. The molecule has 0 unspecified atom stereocenters. The molecule has 12 rings (SSSR count). The first kappa shape index (κ1) is 27.8. The van der Waals surface area contributed by atoms with E-state index >= 15 is 0 Å². The minimum absolute atomic E-state index is 0.976. The summed E-state index contributed by atoms with van der Waals surface area (Å²) in [6.07, 6.45) is 0. The Balaban J connectivity index is 1.24. The van der Waals surface area contributed by atoms with E-state index < -0.39 is 0 Å². The molecule has 0 atom stereocenters. The molecule has 1 aliphatic rings. The summed E-state index contributed by atoms with van der Waals surface area (Å²) in [5, 5.41) is 8.59. The molecule has 3 nitrogen and oxygen atoms in total. The number of benzene rings is 8. The molecule has 8 aromatic carbocycles. The maximum Gasteiger partial charge on any atom is 0.146 e. The highest BCUT2D eigenvalue weighted by Gasteiger charge is 2.27. The molecule has 52 heavy (non-hydrogen) atoms. The number of nitrogens with zero attached hydrogens (tertiary/aromatic N) is 3. The third kappa shape index (κ3) is 3.66. The lowest BCUT2D eigenvalue weighted by molar-refractivity contribution is 1.11. The highest BCUT2D eigenvalue weighted by molar-refractivity contribution is 6.24. The molecule has 0 saturated heterocycles. The first-order chi connectivity index (χ1) is 25.8. The number of pyridine rings is 1. The summed E-state index contributed by atoms with van der Waals surface area (Å²) in [5.41, 5.74) is 14.2. The van der Waals surface area contributed by atoms with Gasteiger partial charge in [0.2, 0.25) is 0 Å². The summed E-state index contributed by atoms with van der Waals surface area (Å²) in [4.78, 5) is 5.39. The molecule has 0 saturated carbocycles. The second-order valence-corrected chi connectivity index (χ2v) is 13.9. The van der Waals surface area contributed by atoms with Gasteiger partial charge in [0.05, 0.1) is 27.6 Å². The van der Waals surface area contributed by atoms with Crippen LogP contribution in [0.15, 0.2) is 176 Å². The molecular formula is C49H29N3. The fourth-order valence-electron chi connectivity index (χ4n) is 9.01. The highest BCUT2D eigenvalue weighted by Crippen LogP contribution is 2.49. The van der Waals surface area contributed by atoms with Gasteiger partial charge in [-0.05, 0) is 82.2 Å². The minimum Gasteiger partial charge on any atom is -0.309 e. The quantitative estimate of drug-likeness (QED) is 0.181. The monoisotopic (exact) mass is 659 g/mol. The number of fused-ring (bicyclic) bond motifs is 14. The summed E-state index contributed by atoms with van der Waals surface area (Å²) in [5.74, 6) is 0.976. The lowest BCUT2D eigenvalue weighted by Crippen LogP contribution is -2.00. The molecule has 0 fully saturated rings. The van der Waals surface area contributed by atoms with E-state index in [2.05, 4.69) is 185 Å². The number of hydrogen-bond donors (Lipinski definition) is 0. The van der Waals surface area contributed by atoms with Crippen molar-refractivity contribution in [3.63, 3.8) is 0 Å². The number of para-hydroxylation sites is 4. The fourth-order valence-corrected chi connectivity index (χ4v) is 9.01. The van der Waals surface area contributed by atoms with Gasteiger partial charge in [-0.1, -0.05) is 121 Å². The summed E-state index contributed by atoms with van der Waals surface area (Å²) in [6, 6.07) is 64.3. The molecule has 3 heteroatoms. The minimum atomic E-state index is 0.976. The van der Waals surface area contributed by atoms with E-state index in [0.717, 1.165) is 22.3 Å². The van der Waals surface area contributed by atoms with Crippen LogP contribution in [0.1, 0.15) is 0 Å². The first-order valence-corrected chi connectivity index (χ1v) is 17.9. The van der Waals surface area contributed by atoms with Crippen LogP contribution in [0.2, 0.25) is 0 Å². The summed E-state index contributed by atoms with van der Waals surface area (Å²) < 4.78 is 4.85. The van der Waals surface area contributed by atoms with Crippen molar-refractivity contribution in [3.8, 4) is 44.9 Å². The van der Waals surface area contributed by atoms with Gasteiger partial charge in [-0.2, -0.15) is 0 Å². The third-order valence-corrected chi connectivity index (χ3v) is 11.2. The molecule has 0 spiro atoms. The van der Waals surface area contributed by atoms with Gasteiger partial charge in [-0.15, -0.1) is 0 Å². The van der Waals surface area contributed by atoms with Gasteiger partial charge in [-0.25, -0.2) is 4.98 Å². The number of rotatable bonds is 2. The van der Waals surface area contributed by atoms with Gasteiger partial charge in [0.1, 0.15) is 5.82 Å². The van der Waals surface area contributed by atoms with Crippen LogP contribution in [0.5, 0.6) is 0 Å². The van der Waals surface area contributed by atoms with Gasteiger partial charge in [0.15, 0.2) is 0 Å². The van der Waals surface area contributed by atoms with Crippen molar-refractivity contribution >= 4 is 65.3 Å². The predicted octanol–water partition coefficient (Wildman–Crippen LogP) is 12.9. The molecule has 0 amide bonds. The van der Waals surface area contributed by atoms with Crippen LogP contribution in [0.25, 0.3) is 110 Å². The zero-order chi connectivity index (χ0) is 33.9. The van der Waals surface area contributed by atoms with Gasteiger partial charge >= 0.3 is 0 Å². The molecule has 0 aliphatic carbocycles. The van der Waals surface area contributed by atoms with Crippen LogP contribution in [0, 0.1) is 0 Å². The highest BCUT2D eigenvalue weighted by atomic mass is 15.1. The molecule has 3 aromatic heterocycles. The average molecular weight is 660 g/mol. The van der Waals surface area contributed by atoms with E-state index in [-0.39, 0.29) is 0 Å². The Labute approximate surface area is 299 Å². The van der Waals surface area contributed by atoms with Crippen LogP contribution in [-0.2, 0) is 0 Å². The van der Waals surface area contributed by atoms with Crippen LogP contribution in [0.3, 0.4) is 0 Å². The maximum atomic E-state index is 5.39. The standard InChI is InChI=1S/C49H29N3/c1-2-15-32(16-3-1)51-45-24-12-9-21-37(45)42-29-39(35-19-7-8-22-38(35)47(42)51)31-27-40-33-17-5-6-18-34(33)43-26-30-14-4-11-23-44(30)50-49(43)52-46-25-13-10-20-36(46)41(28-31)48(40)52/h1-29H. The van der Waals surface area contributed by atoms with Crippen LogP contribution >= 0.6 is 0 Å². The molecule has 11 aromatic rings. The van der Waals surface area contributed by atoms with Crippen molar-refractivity contribution in [1.29, 1.82) is 0 Å². The SMILES string of the molecule is c1ccc(-n2c3ccccc3c3cc(-c4cc5c6c(c4)c4ccccc4n6-c4nc6ccccc6cc4-c4ccccc4-5)c4ccccc4c32)cc1. The summed E-state index contributed by atoms with van der Waals surface area (Å²) in [6.45, 7) is 0. The lowest BCUT2D eigenvalue weighted by Gasteiger charge is -2.15. The van der Waals surface area contributed by atoms with Crippen molar-refractivity contribution in [1.82, 2.24) is 14.1 Å². The Bertz CT molecular complexity index is 3290. The van der Waals surface area contributed by atoms with E-state index in [4.69, 9.17) is 4.98 Å². The smallest absolute Gasteiger partial charge is 0.146 e. The molecule has 0 radical (unpaired) electrons. The third-order valence-electron chi connectivity index (χ3n) is 11.2. The molecule has 240 valence electrons. The van der Waals surface area contributed by atoms with Crippen LogP contribution in [0.4, 0.5) is 0 Å². The summed E-state index contributed by atoms with van der Waals surface area (Å²) >= 11 is 0. The molecule has 0 bridgehead atoms. The molecule has 4 heterocycles. The van der Waals surface area contributed by atoms with E-state index in [9.17, 15) is 0 Å². The van der Waals surface area contributed by atoms with Crippen molar-refractivity contribution in [2.24, 2.45) is 0 Å². The van der Waals surface area contributed by atoms with E-state index in [1.807, 2.05) is 0 Å². The van der Waals surface area contributed by atoms with Crippen molar-refractivity contribution < 1.29 is 0 Å². The Morgan fingerprint density at radius 2 is 0.942 bits per heavy atom. The second kappa shape index (κ2) is 10.3. The normalized spacial score (nSPS) is 12.2. The van der Waals surface area contributed by atoms with Crippen molar-refractivity contribution in [3.05, 3.63) is 176 Å². The van der Waals surface area contributed by atoms with Gasteiger partial charge in [0, 0.05) is 49.1 Å². The average Bonchev–Trinajstić information content (AvgIpc) is 3.69. The van der Waals surface area contributed by atoms with E-state index in [1.54, 1.807) is 0 Å². The Morgan fingerprint density at radius 3 is 1.73 bits per heavy atom. The van der Waals surface area contributed by atoms with Gasteiger partial charge in [-0.3, -0.25) is 4.57 Å². The van der Waals surface area contributed by atoms with E-state index in [1.165, 1.54) is 87.9 Å². The first-order valence-electron chi connectivity index (χ1n) is 17.9. The Hall–Kier alpha value is -6.97. The largest absolute Gasteiger partial charge is 0.309 e.